The van der Waals surface area contributed by atoms with Crippen LogP contribution in [-0.4, -0.2) is 17.5 Å². The van der Waals surface area contributed by atoms with Crippen LogP contribution in [0.1, 0.15) is 26.3 Å². The van der Waals surface area contributed by atoms with E-state index in [2.05, 4.69) is 35.1 Å². The van der Waals surface area contributed by atoms with Gasteiger partial charge in [0, 0.05) is 22.1 Å². The summed E-state index contributed by atoms with van der Waals surface area (Å²) < 4.78 is 0.738. The summed E-state index contributed by atoms with van der Waals surface area (Å²) in [5, 5.41) is 14.4. The molecule has 5 heteroatoms. The van der Waals surface area contributed by atoms with Crippen molar-refractivity contribution in [1.29, 1.82) is 0 Å². The summed E-state index contributed by atoms with van der Waals surface area (Å²) in [6.45, 7) is 7.16. The van der Waals surface area contributed by atoms with E-state index in [1.165, 1.54) is 0 Å². The number of halogens is 1. The van der Waals surface area contributed by atoms with Gasteiger partial charge in [-0.15, -0.1) is 0 Å². The summed E-state index contributed by atoms with van der Waals surface area (Å²) in [5.41, 5.74) is 0.968. The van der Waals surface area contributed by atoms with Crippen LogP contribution in [0.3, 0.4) is 0 Å². The maximum absolute atomic E-state index is 11.0. The molecule has 4 nitrogen and oxygen atoms in total. The number of nitro groups is 1. The standard InChI is InChI=1S/C13H19BrN2O2/c1-4-15-12(9(2)3)7-10-5-6-11(14)8-13(10)16(17)18/h5-6,8-9,12,15H,4,7H2,1-3H3. The van der Waals surface area contributed by atoms with E-state index in [0.717, 1.165) is 16.6 Å². The zero-order valence-corrected chi connectivity index (χ0v) is 12.5. The van der Waals surface area contributed by atoms with Crippen LogP contribution in [0.15, 0.2) is 22.7 Å². The summed E-state index contributed by atoms with van der Waals surface area (Å²) in [6.07, 6.45) is 0.676. The molecule has 0 saturated carbocycles. The Balaban J connectivity index is 2.98. The third-order valence-corrected chi connectivity index (χ3v) is 3.45. The molecular formula is C13H19BrN2O2. The first-order valence-electron chi connectivity index (χ1n) is 6.11. The van der Waals surface area contributed by atoms with Crippen LogP contribution in [0, 0.1) is 16.0 Å². The molecule has 0 amide bonds. The van der Waals surface area contributed by atoms with Crippen LogP contribution in [0.2, 0.25) is 0 Å². The normalized spacial score (nSPS) is 12.7. The van der Waals surface area contributed by atoms with Gasteiger partial charge in [-0.3, -0.25) is 10.1 Å². The zero-order chi connectivity index (χ0) is 13.7. The van der Waals surface area contributed by atoms with Gasteiger partial charge in [0.15, 0.2) is 0 Å². The molecule has 1 rings (SSSR count). The molecule has 1 aromatic carbocycles. The van der Waals surface area contributed by atoms with Gasteiger partial charge in [0.2, 0.25) is 0 Å². The predicted octanol–water partition coefficient (Wildman–Crippen LogP) is 3.53. The molecule has 18 heavy (non-hydrogen) atoms. The van der Waals surface area contributed by atoms with Crippen molar-refractivity contribution < 1.29 is 4.92 Å². The molecule has 0 spiro atoms. The Morgan fingerprint density at radius 1 is 1.44 bits per heavy atom. The molecule has 0 aliphatic carbocycles. The highest BCUT2D eigenvalue weighted by molar-refractivity contribution is 9.10. The highest BCUT2D eigenvalue weighted by Crippen LogP contribution is 2.25. The SMILES string of the molecule is CCNC(Cc1ccc(Br)cc1[N+](=O)[O-])C(C)C. The Labute approximate surface area is 116 Å². The molecule has 100 valence electrons. The van der Waals surface area contributed by atoms with Gasteiger partial charge in [-0.1, -0.05) is 42.8 Å². The van der Waals surface area contributed by atoms with Gasteiger partial charge in [-0.05, 0) is 24.9 Å². The molecule has 1 atom stereocenters. The molecule has 0 radical (unpaired) electrons. The molecule has 1 N–H and O–H groups in total. The summed E-state index contributed by atoms with van der Waals surface area (Å²) in [4.78, 5) is 10.7. The molecule has 0 saturated heterocycles. The fraction of sp³-hybridized carbons (Fsp3) is 0.538. The van der Waals surface area contributed by atoms with Crippen LogP contribution in [0.25, 0.3) is 0 Å². The quantitative estimate of drug-likeness (QED) is 0.645. The first-order valence-corrected chi connectivity index (χ1v) is 6.91. The van der Waals surface area contributed by atoms with E-state index >= 15 is 0 Å². The second kappa shape index (κ2) is 6.85. The van der Waals surface area contributed by atoms with Gasteiger partial charge in [0.25, 0.3) is 5.69 Å². The molecule has 1 unspecified atom stereocenters. The van der Waals surface area contributed by atoms with Gasteiger partial charge in [-0.2, -0.15) is 0 Å². The minimum absolute atomic E-state index is 0.188. The molecule has 0 heterocycles. The highest BCUT2D eigenvalue weighted by atomic mass is 79.9. The Morgan fingerprint density at radius 2 is 2.11 bits per heavy atom. The summed E-state index contributed by atoms with van der Waals surface area (Å²) in [7, 11) is 0. The fourth-order valence-electron chi connectivity index (χ4n) is 1.92. The minimum atomic E-state index is -0.316. The van der Waals surface area contributed by atoms with Gasteiger partial charge >= 0.3 is 0 Å². The van der Waals surface area contributed by atoms with E-state index in [4.69, 9.17) is 0 Å². The number of nitrogens with one attached hydrogen (secondary N) is 1. The maximum atomic E-state index is 11.0. The van der Waals surface area contributed by atoms with Crippen LogP contribution in [-0.2, 0) is 6.42 Å². The second-order valence-electron chi connectivity index (χ2n) is 4.64. The molecule has 0 aliphatic heterocycles. The lowest BCUT2D eigenvalue weighted by molar-refractivity contribution is -0.385. The summed E-state index contributed by atoms with van der Waals surface area (Å²) in [5.74, 6) is 0.438. The van der Waals surface area contributed by atoms with Crippen molar-refractivity contribution in [2.45, 2.75) is 33.2 Å². The third-order valence-electron chi connectivity index (χ3n) is 2.95. The van der Waals surface area contributed by atoms with E-state index in [9.17, 15) is 10.1 Å². The highest BCUT2D eigenvalue weighted by Gasteiger charge is 2.19. The van der Waals surface area contributed by atoms with Crippen LogP contribution in [0.5, 0.6) is 0 Å². The molecule has 1 aromatic rings. The topological polar surface area (TPSA) is 55.2 Å². The molecule has 0 aliphatic rings. The lowest BCUT2D eigenvalue weighted by Gasteiger charge is -2.21. The fourth-order valence-corrected chi connectivity index (χ4v) is 2.27. The van der Waals surface area contributed by atoms with E-state index < -0.39 is 0 Å². The number of hydrogen-bond acceptors (Lipinski definition) is 3. The van der Waals surface area contributed by atoms with Crippen molar-refractivity contribution in [3.8, 4) is 0 Å². The van der Waals surface area contributed by atoms with Gasteiger partial charge in [-0.25, -0.2) is 0 Å². The van der Waals surface area contributed by atoms with Gasteiger partial charge in [0.05, 0.1) is 4.92 Å². The minimum Gasteiger partial charge on any atom is -0.314 e. The average Bonchev–Trinajstić information content (AvgIpc) is 2.30. The summed E-state index contributed by atoms with van der Waals surface area (Å²) in [6, 6.07) is 5.51. The van der Waals surface area contributed by atoms with E-state index in [-0.39, 0.29) is 16.7 Å². The van der Waals surface area contributed by atoms with Crippen molar-refractivity contribution in [2.24, 2.45) is 5.92 Å². The van der Waals surface area contributed by atoms with Crippen LogP contribution < -0.4 is 5.32 Å². The Morgan fingerprint density at radius 3 is 2.61 bits per heavy atom. The lowest BCUT2D eigenvalue weighted by atomic mass is 9.95. The van der Waals surface area contributed by atoms with Crippen molar-refractivity contribution in [3.05, 3.63) is 38.3 Å². The monoisotopic (exact) mass is 314 g/mol. The number of likely N-dealkylation sites (N-methyl/N-ethyl adjacent to an activating group) is 1. The Bertz CT molecular complexity index is 421. The number of nitro benzene ring substituents is 1. The van der Waals surface area contributed by atoms with Crippen LogP contribution >= 0.6 is 15.9 Å². The van der Waals surface area contributed by atoms with E-state index in [0.29, 0.717) is 12.3 Å². The van der Waals surface area contributed by atoms with Crippen molar-refractivity contribution in [3.63, 3.8) is 0 Å². The van der Waals surface area contributed by atoms with Crippen molar-refractivity contribution in [2.75, 3.05) is 6.54 Å². The van der Waals surface area contributed by atoms with Gasteiger partial charge in [0.1, 0.15) is 0 Å². The van der Waals surface area contributed by atoms with Crippen LogP contribution in [0.4, 0.5) is 5.69 Å². The summed E-state index contributed by atoms with van der Waals surface area (Å²) >= 11 is 3.27. The zero-order valence-electron chi connectivity index (χ0n) is 10.9. The maximum Gasteiger partial charge on any atom is 0.273 e. The van der Waals surface area contributed by atoms with E-state index in [1.54, 1.807) is 6.07 Å². The first-order chi connectivity index (χ1) is 8.45. The smallest absolute Gasteiger partial charge is 0.273 e. The van der Waals surface area contributed by atoms with E-state index in [1.807, 2.05) is 19.1 Å². The number of hydrogen-bond donors (Lipinski definition) is 1. The molecule has 0 fully saturated rings. The Hall–Kier alpha value is -0.940. The number of rotatable bonds is 6. The average molecular weight is 315 g/mol. The Kier molecular flexibility index (Phi) is 5.75. The first kappa shape index (κ1) is 15.1. The number of benzene rings is 1. The van der Waals surface area contributed by atoms with Gasteiger partial charge < -0.3 is 5.32 Å². The third kappa shape index (κ3) is 4.07. The predicted molar refractivity (Wildman–Crippen MR) is 76.8 cm³/mol. The molecular weight excluding hydrogens is 296 g/mol. The number of nitrogens with zero attached hydrogens (tertiary/aromatic N) is 1. The van der Waals surface area contributed by atoms with Crippen molar-refractivity contribution in [1.82, 2.24) is 5.32 Å². The molecule has 0 aromatic heterocycles. The molecule has 0 bridgehead atoms. The lowest BCUT2D eigenvalue weighted by Crippen LogP contribution is -2.35. The van der Waals surface area contributed by atoms with Crippen molar-refractivity contribution >= 4 is 21.6 Å². The largest absolute Gasteiger partial charge is 0.314 e. The second-order valence-corrected chi connectivity index (χ2v) is 5.56.